The summed E-state index contributed by atoms with van der Waals surface area (Å²) in [5.74, 6) is -0.974. The van der Waals surface area contributed by atoms with Gasteiger partial charge in [0, 0.05) is 5.56 Å². The molecule has 3 amide bonds. The molecule has 1 saturated heterocycles. The predicted molar refractivity (Wildman–Crippen MR) is 114 cm³/mol. The van der Waals surface area contributed by atoms with Crippen LogP contribution >= 0.6 is 0 Å². The highest BCUT2D eigenvalue weighted by atomic mass is 32.2. The van der Waals surface area contributed by atoms with Crippen LogP contribution in [0.25, 0.3) is 10.8 Å². The molecular formula is C22H19N3O5S. The summed E-state index contributed by atoms with van der Waals surface area (Å²) in [6, 6.07) is 17.4. The summed E-state index contributed by atoms with van der Waals surface area (Å²) in [7, 11) is -3.89. The summed E-state index contributed by atoms with van der Waals surface area (Å²) in [5.41, 5.74) is -0.665. The minimum Gasteiger partial charge on any atom is -0.319 e. The van der Waals surface area contributed by atoms with Gasteiger partial charge in [-0.2, -0.15) is 0 Å². The number of nitrogens with two attached hydrogens (primary N) is 1. The number of carbonyl (C=O) groups is 3. The average molecular weight is 437 g/mol. The Bertz CT molecular complexity index is 1330. The number of fused-ring (bicyclic) bond motifs is 1. The van der Waals surface area contributed by atoms with Crippen LogP contribution < -0.4 is 10.5 Å². The maximum Gasteiger partial charge on any atom is 0.325 e. The summed E-state index contributed by atoms with van der Waals surface area (Å²) in [5, 5.41) is 9.55. The number of sulfonamides is 1. The third-order valence-electron chi connectivity index (χ3n) is 5.41. The van der Waals surface area contributed by atoms with Crippen molar-refractivity contribution in [1.29, 1.82) is 0 Å². The molecule has 1 unspecified atom stereocenters. The zero-order chi connectivity index (χ0) is 22.4. The van der Waals surface area contributed by atoms with E-state index >= 15 is 0 Å². The fourth-order valence-electron chi connectivity index (χ4n) is 3.61. The Balaban J connectivity index is 1.58. The molecule has 0 radical (unpaired) electrons. The van der Waals surface area contributed by atoms with Crippen molar-refractivity contribution in [3.05, 3.63) is 77.9 Å². The van der Waals surface area contributed by atoms with E-state index in [0.29, 0.717) is 11.1 Å². The fourth-order valence-corrected chi connectivity index (χ4v) is 4.13. The SMILES string of the molecule is CC1(c2ccc(S(N)(=O)=O)cc2)NC(=O)N(CC(=O)c2ccc3ccccc3c2)C1=O. The van der Waals surface area contributed by atoms with Gasteiger partial charge in [-0.3, -0.25) is 14.5 Å². The van der Waals surface area contributed by atoms with Crippen molar-refractivity contribution in [2.75, 3.05) is 6.54 Å². The van der Waals surface area contributed by atoms with Gasteiger partial charge in [-0.25, -0.2) is 18.4 Å². The van der Waals surface area contributed by atoms with Gasteiger partial charge in [0.2, 0.25) is 10.0 Å². The Morgan fingerprint density at radius 3 is 2.29 bits per heavy atom. The standard InChI is InChI=1S/C22H19N3O5S/c1-22(17-8-10-18(11-9-17)31(23,29)30)20(27)25(21(28)24-22)13-19(26)16-7-6-14-4-2-3-5-15(14)12-16/h2-12H,13H2,1H3,(H,24,28)(H2,23,29,30). The smallest absolute Gasteiger partial charge is 0.319 e. The Kier molecular flexibility index (Phi) is 4.87. The van der Waals surface area contributed by atoms with Crippen molar-refractivity contribution in [1.82, 2.24) is 10.2 Å². The lowest BCUT2D eigenvalue weighted by Gasteiger charge is -2.22. The number of ketones is 1. The quantitative estimate of drug-likeness (QED) is 0.467. The maximum atomic E-state index is 13.0. The molecule has 0 bridgehead atoms. The average Bonchev–Trinajstić information content (AvgIpc) is 2.96. The van der Waals surface area contributed by atoms with Crippen molar-refractivity contribution >= 4 is 38.5 Å². The number of Topliss-reactive ketones (excluding diaryl/α,β-unsaturated/α-hetero) is 1. The van der Waals surface area contributed by atoms with Gasteiger partial charge in [-0.05, 0) is 41.5 Å². The molecule has 3 N–H and O–H groups in total. The first-order valence-electron chi connectivity index (χ1n) is 9.39. The maximum absolute atomic E-state index is 13.0. The largest absolute Gasteiger partial charge is 0.325 e. The van der Waals surface area contributed by atoms with Crippen LogP contribution in [0.2, 0.25) is 0 Å². The van der Waals surface area contributed by atoms with Gasteiger partial charge in [0.05, 0.1) is 11.4 Å². The molecule has 3 aromatic rings. The molecule has 9 heteroatoms. The molecule has 0 aromatic heterocycles. The molecular weight excluding hydrogens is 418 g/mol. The molecule has 0 saturated carbocycles. The Labute approximate surface area is 178 Å². The number of imide groups is 1. The highest BCUT2D eigenvalue weighted by Gasteiger charge is 2.49. The van der Waals surface area contributed by atoms with Crippen LogP contribution in [0.3, 0.4) is 0 Å². The number of nitrogens with one attached hydrogen (secondary N) is 1. The highest BCUT2D eigenvalue weighted by Crippen LogP contribution is 2.29. The molecule has 1 heterocycles. The minimum atomic E-state index is -3.89. The van der Waals surface area contributed by atoms with Crippen LogP contribution in [0.15, 0.2) is 71.6 Å². The Hall–Kier alpha value is -3.56. The number of nitrogens with zero attached hydrogens (tertiary/aromatic N) is 1. The van der Waals surface area contributed by atoms with E-state index < -0.39 is 34.0 Å². The van der Waals surface area contributed by atoms with E-state index in [1.54, 1.807) is 12.1 Å². The molecule has 0 spiro atoms. The highest BCUT2D eigenvalue weighted by molar-refractivity contribution is 7.89. The second kappa shape index (κ2) is 7.29. The molecule has 8 nitrogen and oxygen atoms in total. The first-order valence-corrected chi connectivity index (χ1v) is 10.9. The van der Waals surface area contributed by atoms with Crippen LogP contribution in [0.4, 0.5) is 4.79 Å². The van der Waals surface area contributed by atoms with E-state index in [0.717, 1.165) is 15.7 Å². The van der Waals surface area contributed by atoms with E-state index in [1.165, 1.54) is 31.2 Å². The van der Waals surface area contributed by atoms with E-state index in [4.69, 9.17) is 5.14 Å². The number of carbonyl (C=O) groups excluding carboxylic acids is 3. The van der Waals surface area contributed by atoms with Crippen molar-refractivity contribution in [3.63, 3.8) is 0 Å². The van der Waals surface area contributed by atoms with E-state index in [9.17, 15) is 22.8 Å². The third-order valence-corrected chi connectivity index (χ3v) is 6.34. The zero-order valence-electron chi connectivity index (χ0n) is 16.5. The predicted octanol–water partition coefficient (Wildman–Crippen LogP) is 2.14. The van der Waals surface area contributed by atoms with Gasteiger partial charge < -0.3 is 5.32 Å². The number of benzene rings is 3. The summed E-state index contributed by atoms with van der Waals surface area (Å²) in [6.45, 7) is 1.09. The number of hydrogen-bond donors (Lipinski definition) is 2. The van der Waals surface area contributed by atoms with Crippen molar-refractivity contribution in [2.24, 2.45) is 5.14 Å². The fraction of sp³-hybridized carbons (Fsp3) is 0.136. The second-order valence-electron chi connectivity index (χ2n) is 7.50. The zero-order valence-corrected chi connectivity index (χ0v) is 17.3. The molecule has 4 rings (SSSR count). The van der Waals surface area contributed by atoms with Crippen molar-refractivity contribution in [3.8, 4) is 0 Å². The van der Waals surface area contributed by atoms with Crippen molar-refractivity contribution < 1.29 is 22.8 Å². The van der Waals surface area contributed by atoms with Crippen LogP contribution in [0.5, 0.6) is 0 Å². The van der Waals surface area contributed by atoms with Crippen LogP contribution in [0, 0.1) is 0 Å². The summed E-state index contributed by atoms with van der Waals surface area (Å²) in [6.07, 6.45) is 0. The molecule has 1 aliphatic heterocycles. The van der Waals surface area contributed by atoms with Gasteiger partial charge >= 0.3 is 6.03 Å². The number of amides is 3. The number of hydrogen-bond acceptors (Lipinski definition) is 5. The molecule has 31 heavy (non-hydrogen) atoms. The lowest BCUT2D eigenvalue weighted by Crippen LogP contribution is -2.41. The third kappa shape index (κ3) is 3.69. The molecule has 1 fully saturated rings. The summed E-state index contributed by atoms with van der Waals surface area (Å²) < 4.78 is 22.9. The van der Waals surface area contributed by atoms with Crippen LogP contribution in [-0.4, -0.2) is 37.6 Å². The molecule has 158 valence electrons. The molecule has 1 atom stereocenters. The second-order valence-corrected chi connectivity index (χ2v) is 9.06. The van der Waals surface area contributed by atoms with E-state index in [-0.39, 0.29) is 10.7 Å². The number of rotatable bonds is 5. The minimum absolute atomic E-state index is 0.111. The summed E-state index contributed by atoms with van der Waals surface area (Å²) >= 11 is 0. The lowest BCUT2D eigenvalue weighted by atomic mass is 9.92. The Morgan fingerprint density at radius 1 is 1.00 bits per heavy atom. The van der Waals surface area contributed by atoms with Gasteiger partial charge in [-0.15, -0.1) is 0 Å². The van der Waals surface area contributed by atoms with E-state index in [1.807, 2.05) is 30.3 Å². The summed E-state index contributed by atoms with van der Waals surface area (Å²) in [4.78, 5) is 39.1. The Morgan fingerprint density at radius 2 is 1.65 bits per heavy atom. The normalized spacial score (nSPS) is 19.0. The molecule has 3 aromatic carbocycles. The monoisotopic (exact) mass is 437 g/mol. The topological polar surface area (TPSA) is 127 Å². The van der Waals surface area contributed by atoms with Crippen LogP contribution in [0.1, 0.15) is 22.8 Å². The van der Waals surface area contributed by atoms with Gasteiger partial charge in [0.1, 0.15) is 5.54 Å². The number of primary sulfonamides is 1. The first kappa shape index (κ1) is 20.7. The molecule has 0 aliphatic carbocycles. The van der Waals surface area contributed by atoms with E-state index in [2.05, 4.69) is 5.32 Å². The lowest BCUT2D eigenvalue weighted by molar-refractivity contribution is -0.130. The van der Waals surface area contributed by atoms with Gasteiger partial charge in [-0.1, -0.05) is 48.5 Å². The molecule has 1 aliphatic rings. The first-order chi connectivity index (χ1) is 14.6. The van der Waals surface area contributed by atoms with Crippen LogP contribution in [-0.2, 0) is 20.4 Å². The van der Waals surface area contributed by atoms with Gasteiger partial charge in [0.15, 0.2) is 5.78 Å². The number of urea groups is 1. The van der Waals surface area contributed by atoms with Crippen molar-refractivity contribution in [2.45, 2.75) is 17.4 Å². The van der Waals surface area contributed by atoms with Gasteiger partial charge in [0.25, 0.3) is 5.91 Å².